The van der Waals surface area contributed by atoms with E-state index in [2.05, 4.69) is 0 Å². The zero-order chi connectivity index (χ0) is 14.4. The molecule has 0 spiro atoms. The standard InChI is InChI=1S/C14H22O5/c1-9(15)5-6-13(19-11(3)16)7-12-8-18-14(17-4)10(12)2/h5-6,10,12-14H,7-8H2,1-4H3/b6-5+/t10-,12-,13+,14?/m0/s1. The van der Waals surface area contributed by atoms with E-state index in [9.17, 15) is 9.59 Å². The van der Waals surface area contributed by atoms with Gasteiger partial charge in [-0.1, -0.05) is 6.92 Å². The van der Waals surface area contributed by atoms with Crippen LogP contribution >= 0.6 is 0 Å². The Bertz CT molecular complexity index is 350. The predicted octanol–water partition coefficient (Wildman–Crippen LogP) is 1.71. The van der Waals surface area contributed by atoms with E-state index in [-0.39, 0.29) is 29.9 Å². The van der Waals surface area contributed by atoms with Gasteiger partial charge in [-0.3, -0.25) is 9.59 Å². The van der Waals surface area contributed by atoms with E-state index in [1.807, 2.05) is 6.92 Å². The Morgan fingerprint density at radius 1 is 1.42 bits per heavy atom. The Labute approximate surface area is 113 Å². The first-order valence-corrected chi connectivity index (χ1v) is 6.44. The Morgan fingerprint density at radius 3 is 2.58 bits per heavy atom. The van der Waals surface area contributed by atoms with Gasteiger partial charge in [0.25, 0.3) is 0 Å². The molecule has 0 bridgehead atoms. The van der Waals surface area contributed by atoms with Crippen molar-refractivity contribution in [2.45, 2.75) is 39.6 Å². The van der Waals surface area contributed by atoms with E-state index in [1.165, 1.54) is 19.9 Å². The summed E-state index contributed by atoms with van der Waals surface area (Å²) in [6, 6.07) is 0. The van der Waals surface area contributed by atoms with Crippen molar-refractivity contribution in [3.8, 4) is 0 Å². The molecule has 0 amide bonds. The minimum atomic E-state index is -0.395. The van der Waals surface area contributed by atoms with Crippen molar-refractivity contribution in [1.82, 2.24) is 0 Å². The number of allylic oxidation sites excluding steroid dienone is 1. The van der Waals surface area contributed by atoms with E-state index in [1.54, 1.807) is 13.2 Å². The lowest BCUT2D eigenvalue weighted by Crippen LogP contribution is -2.24. The van der Waals surface area contributed by atoms with E-state index >= 15 is 0 Å². The lowest BCUT2D eigenvalue weighted by Gasteiger charge is -2.21. The number of carbonyl (C=O) groups excluding carboxylic acids is 2. The summed E-state index contributed by atoms with van der Waals surface area (Å²) in [5.41, 5.74) is 0. The van der Waals surface area contributed by atoms with Gasteiger partial charge in [-0.2, -0.15) is 0 Å². The van der Waals surface area contributed by atoms with Crippen molar-refractivity contribution in [2.75, 3.05) is 13.7 Å². The molecule has 19 heavy (non-hydrogen) atoms. The number of rotatable bonds is 6. The van der Waals surface area contributed by atoms with Crippen molar-refractivity contribution in [2.24, 2.45) is 11.8 Å². The molecule has 1 saturated heterocycles. The predicted molar refractivity (Wildman–Crippen MR) is 69.4 cm³/mol. The minimum Gasteiger partial charge on any atom is -0.458 e. The molecule has 5 nitrogen and oxygen atoms in total. The quantitative estimate of drug-likeness (QED) is 0.543. The van der Waals surface area contributed by atoms with E-state index in [4.69, 9.17) is 14.2 Å². The second-order valence-electron chi connectivity index (χ2n) is 4.91. The van der Waals surface area contributed by atoms with E-state index < -0.39 is 6.10 Å². The molecule has 1 fully saturated rings. The second kappa shape index (κ2) is 7.40. The van der Waals surface area contributed by atoms with E-state index in [0.29, 0.717) is 13.0 Å². The molecular weight excluding hydrogens is 248 g/mol. The van der Waals surface area contributed by atoms with E-state index in [0.717, 1.165) is 0 Å². The van der Waals surface area contributed by atoms with Crippen LogP contribution in [0.1, 0.15) is 27.2 Å². The lowest BCUT2D eigenvalue weighted by molar-refractivity contribution is -0.145. The summed E-state index contributed by atoms with van der Waals surface area (Å²) in [6.07, 6.45) is 3.09. The van der Waals surface area contributed by atoms with Crippen LogP contribution in [-0.4, -0.2) is 37.9 Å². The van der Waals surface area contributed by atoms with Crippen LogP contribution in [0.25, 0.3) is 0 Å². The number of hydrogen-bond donors (Lipinski definition) is 0. The van der Waals surface area contributed by atoms with Crippen molar-refractivity contribution < 1.29 is 23.8 Å². The van der Waals surface area contributed by atoms with Crippen LogP contribution in [-0.2, 0) is 23.8 Å². The Balaban J connectivity index is 2.62. The third-order valence-electron chi connectivity index (χ3n) is 3.28. The van der Waals surface area contributed by atoms with Crippen molar-refractivity contribution in [1.29, 1.82) is 0 Å². The number of ketones is 1. The molecule has 1 heterocycles. The van der Waals surface area contributed by atoms with Gasteiger partial charge in [-0.05, 0) is 31.4 Å². The van der Waals surface area contributed by atoms with Gasteiger partial charge in [0.05, 0.1) is 6.61 Å². The maximum atomic E-state index is 11.1. The van der Waals surface area contributed by atoms with Crippen LogP contribution in [0.3, 0.4) is 0 Å². The molecule has 4 atom stereocenters. The molecule has 1 unspecified atom stereocenters. The maximum absolute atomic E-state index is 11.1. The zero-order valence-electron chi connectivity index (χ0n) is 11.9. The summed E-state index contributed by atoms with van der Waals surface area (Å²) in [7, 11) is 1.61. The fraction of sp³-hybridized carbons (Fsp3) is 0.714. The molecule has 0 saturated carbocycles. The Kier molecular flexibility index (Phi) is 6.18. The fourth-order valence-corrected chi connectivity index (χ4v) is 2.23. The summed E-state index contributed by atoms with van der Waals surface area (Å²) < 4.78 is 15.9. The summed E-state index contributed by atoms with van der Waals surface area (Å²) in [5.74, 6) is 0.0513. The minimum absolute atomic E-state index is 0.0670. The molecule has 0 aromatic rings. The molecule has 5 heteroatoms. The Hall–Kier alpha value is -1.20. The van der Waals surface area contributed by atoms with Gasteiger partial charge < -0.3 is 14.2 Å². The van der Waals surface area contributed by atoms with Crippen LogP contribution in [0.15, 0.2) is 12.2 Å². The highest BCUT2D eigenvalue weighted by atomic mass is 16.7. The number of carbonyl (C=O) groups is 2. The van der Waals surface area contributed by atoms with Gasteiger partial charge in [-0.15, -0.1) is 0 Å². The molecule has 0 radical (unpaired) electrons. The molecule has 1 rings (SSSR count). The van der Waals surface area contributed by atoms with Crippen LogP contribution < -0.4 is 0 Å². The fourth-order valence-electron chi connectivity index (χ4n) is 2.23. The van der Waals surface area contributed by atoms with Crippen LogP contribution in [0.4, 0.5) is 0 Å². The highest BCUT2D eigenvalue weighted by Gasteiger charge is 2.35. The monoisotopic (exact) mass is 270 g/mol. The molecule has 0 aromatic heterocycles. The first-order chi connectivity index (χ1) is 8.93. The smallest absolute Gasteiger partial charge is 0.303 e. The number of methoxy groups -OCH3 is 1. The zero-order valence-corrected chi connectivity index (χ0v) is 11.9. The molecule has 1 aliphatic rings. The second-order valence-corrected chi connectivity index (χ2v) is 4.91. The molecule has 108 valence electrons. The number of ether oxygens (including phenoxy) is 3. The van der Waals surface area contributed by atoms with Gasteiger partial charge in [0, 0.05) is 20.0 Å². The van der Waals surface area contributed by atoms with Crippen LogP contribution in [0, 0.1) is 11.8 Å². The third kappa shape index (κ3) is 5.12. The molecule has 0 aromatic carbocycles. The van der Waals surface area contributed by atoms with Gasteiger partial charge in [-0.25, -0.2) is 0 Å². The topological polar surface area (TPSA) is 61.8 Å². The maximum Gasteiger partial charge on any atom is 0.303 e. The summed E-state index contributed by atoms with van der Waals surface area (Å²) in [4.78, 5) is 22.0. The largest absolute Gasteiger partial charge is 0.458 e. The van der Waals surface area contributed by atoms with Crippen LogP contribution in [0.5, 0.6) is 0 Å². The van der Waals surface area contributed by atoms with Gasteiger partial charge >= 0.3 is 5.97 Å². The van der Waals surface area contributed by atoms with Crippen LogP contribution in [0.2, 0.25) is 0 Å². The molecule has 0 N–H and O–H groups in total. The molecule has 1 aliphatic heterocycles. The first-order valence-electron chi connectivity index (χ1n) is 6.44. The summed E-state index contributed by atoms with van der Waals surface area (Å²) >= 11 is 0. The Morgan fingerprint density at radius 2 is 2.11 bits per heavy atom. The molecular formula is C14H22O5. The summed E-state index contributed by atoms with van der Waals surface area (Å²) in [6.45, 7) is 5.45. The highest BCUT2D eigenvalue weighted by molar-refractivity contribution is 5.87. The van der Waals surface area contributed by atoms with Crippen molar-refractivity contribution in [3.05, 3.63) is 12.2 Å². The number of hydrogen-bond acceptors (Lipinski definition) is 5. The SMILES string of the molecule is COC1OC[C@H](C[C@@H](/C=C/C(C)=O)OC(C)=O)[C@@H]1C. The number of esters is 1. The average molecular weight is 270 g/mol. The van der Waals surface area contributed by atoms with Crippen molar-refractivity contribution >= 4 is 11.8 Å². The molecule has 0 aliphatic carbocycles. The van der Waals surface area contributed by atoms with Gasteiger partial charge in [0.1, 0.15) is 6.10 Å². The van der Waals surface area contributed by atoms with Gasteiger partial charge in [0.2, 0.25) is 0 Å². The summed E-state index contributed by atoms with van der Waals surface area (Å²) in [5, 5.41) is 0. The average Bonchev–Trinajstić information content (AvgIpc) is 2.67. The normalized spacial score (nSPS) is 28.5. The third-order valence-corrected chi connectivity index (χ3v) is 3.28. The lowest BCUT2D eigenvalue weighted by atomic mass is 9.91. The van der Waals surface area contributed by atoms with Crippen molar-refractivity contribution in [3.63, 3.8) is 0 Å². The first kappa shape index (κ1) is 15.9. The van der Waals surface area contributed by atoms with Gasteiger partial charge in [0.15, 0.2) is 12.1 Å². The highest BCUT2D eigenvalue weighted by Crippen LogP contribution is 2.31.